The third-order valence-corrected chi connectivity index (χ3v) is 4.95. The first kappa shape index (κ1) is 17.0. The van der Waals surface area contributed by atoms with Crippen LogP contribution in [0.25, 0.3) is 0 Å². The van der Waals surface area contributed by atoms with Gasteiger partial charge in [0.25, 0.3) is 0 Å². The van der Waals surface area contributed by atoms with Gasteiger partial charge in [0, 0.05) is 18.8 Å². The van der Waals surface area contributed by atoms with Gasteiger partial charge < -0.3 is 11.1 Å². The average Bonchev–Trinajstić information content (AvgIpc) is 2.44. The number of rotatable bonds is 7. The summed E-state index contributed by atoms with van der Waals surface area (Å²) in [5.41, 5.74) is 5.72. The van der Waals surface area contributed by atoms with E-state index in [1.54, 1.807) is 19.1 Å². The molecule has 1 rings (SSSR count). The molecule has 0 saturated carbocycles. The number of benzene rings is 1. The van der Waals surface area contributed by atoms with Crippen molar-refractivity contribution in [2.75, 3.05) is 24.7 Å². The average molecular weight is 317 g/mol. The van der Waals surface area contributed by atoms with Gasteiger partial charge in [0.15, 0.2) is 0 Å². The number of nitrogens with two attached hydrogens (primary N) is 1. The van der Waals surface area contributed by atoms with E-state index in [9.17, 15) is 13.2 Å². The number of hydrogen-bond donors (Lipinski definition) is 3. The Balaban J connectivity index is 2.88. The van der Waals surface area contributed by atoms with Crippen molar-refractivity contribution >= 4 is 33.4 Å². The minimum Gasteiger partial charge on any atom is -0.329 e. The van der Waals surface area contributed by atoms with Crippen LogP contribution in [-0.2, 0) is 14.8 Å². The lowest BCUT2D eigenvalue weighted by Gasteiger charge is -2.11. The fourth-order valence-electron chi connectivity index (χ4n) is 1.37. The molecule has 0 bridgehead atoms. The van der Waals surface area contributed by atoms with Gasteiger partial charge in [0.2, 0.25) is 15.9 Å². The molecule has 0 heterocycles. The summed E-state index contributed by atoms with van der Waals surface area (Å²) in [5.74, 6) is -0.165. The molecular formula is C12H19N3O3S2. The van der Waals surface area contributed by atoms with Crippen molar-refractivity contribution in [3.05, 3.63) is 24.3 Å². The second kappa shape index (κ2) is 7.63. The summed E-state index contributed by atoms with van der Waals surface area (Å²) in [5, 5.41) is 2.48. The van der Waals surface area contributed by atoms with Gasteiger partial charge in [-0.2, -0.15) is 11.8 Å². The zero-order valence-electron chi connectivity index (χ0n) is 11.4. The lowest BCUT2D eigenvalue weighted by Crippen LogP contribution is -2.29. The summed E-state index contributed by atoms with van der Waals surface area (Å²) in [7, 11) is -3.59. The Morgan fingerprint density at radius 1 is 1.45 bits per heavy atom. The fraction of sp³-hybridized carbons (Fsp3) is 0.417. The highest BCUT2D eigenvalue weighted by atomic mass is 32.2. The predicted molar refractivity (Wildman–Crippen MR) is 82.3 cm³/mol. The number of nitrogens with one attached hydrogen (secondary N) is 2. The quantitative estimate of drug-likeness (QED) is 0.684. The second-order valence-electron chi connectivity index (χ2n) is 4.08. The van der Waals surface area contributed by atoms with Gasteiger partial charge in [-0.25, -0.2) is 13.1 Å². The van der Waals surface area contributed by atoms with Crippen LogP contribution in [0.2, 0.25) is 0 Å². The van der Waals surface area contributed by atoms with Crippen molar-refractivity contribution in [2.24, 2.45) is 5.73 Å². The van der Waals surface area contributed by atoms with E-state index < -0.39 is 10.0 Å². The van der Waals surface area contributed by atoms with Crippen LogP contribution in [0.5, 0.6) is 0 Å². The molecule has 0 aliphatic rings. The molecule has 0 fully saturated rings. The number of carbonyl (C=O) groups is 1. The van der Waals surface area contributed by atoms with Crippen molar-refractivity contribution in [1.29, 1.82) is 0 Å². The molecule has 1 aromatic rings. The monoisotopic (exact) mass is 317 g/mol. The first-order chi connectivity index (χ1) is 9.40. The molecule has 20 heavy (non-hydrogen) atoms. The normalized spacial score (nSPS) is 12.9. The molecule has 112 valence electrons. The molecule has 0 radical (unpaired) electrons. The van der Waals surface area contributed by atoms with Crippen molar-refractivity contribution in [2.45, 2.75) is 17.1 Å². The van der Waals surface area contributed by atoms with Gasteiger partial charge in [-0.05, 0) is 31.4 Å². The molecular weight excluding hydrogens is 298 g/mol. The van der Waals surface area contributed by atoms with E-state index in [4.69, 9.17) is 5.73 Å². The summed E-state index contributed by atoms with van der Waals surface area (Å²) < 4.78 is 26.2. The standard InChI is InChI=1S/C12H19N3O3S2/c1-9(19-2)12(16)15-10-4-3-5-11(8-10)20(17,18)14-7-6-13/h3-5,8-9,14H,6-7,13H2,1-2H3,(H,15,16). The van der Waals surface area contributed by atoms with Crippen LogP contribution in [0.4, 0.5) is 5.69 Å². The van der Waals surface area contributed by atoms with Crippen LogP contribution >= 0.6 is 11.8 Å². The van der Waals surface area contributed by atoms with Crippen molar-refractivity contribution < 1.29 is 13.2 Å². The van der Waals surface area contributed by atoms with E-state index >= 15 is 0 Å². The van der Waals surface area contributed by atoms with E-state index in [1.807, 2.05) is 6.26 Å². The third-order valence-electron chi connectivity index (χ3n) is 2.57. The number of hydrogen-bond acceptors (Lipinski definition) is 5. The number of anilines is 1. The largest absolute Gasteiger partial charge is 0.329 e. The van der Waals surface area contributed by atoms with E-state index in [2.05, 4.69) is 10.0 Å². The smallest absolute Gasteiger partial charge is 0.240 e. The zero-order chi connectivity index (χ0) is 15.2. The molecule has 6 nitrogen and oxygen atoms in total. The van der Waals surface area contributed by atoms with Gasteiger partial charge in [-0.3, -0.25) is 4.79 Å². The molecule has 4 N–H and O–H groups in total. The molecule has 1 aromatic carbocycles. The van der Waals surface area contributed by atoms with Crippen LogP contribution < -0.4 is 15.8 Å². The number of sulfonamides is 1. The van der Waals surface area contributed by atoms with Crippen LogP contribution in [0, 0.1) is 0 Å². The Morgan fingerprint density at radius 2 is 2.15 bits per heavy atom. The minimum absolute atomic E-state index is 0.0977. The molecule has 1 atom stereocenters. The van der Waals surface area contributed by atoms with Gasteiger partial charge >= 0.3 is 0 Å². The Hall–Kier alpha value is -1.09. The highest BCUT2D eigenvalue weighted by Gasteiger charge is 2.15. The topological polar surface area (TPSA) is 101 Å². The fourth-order valence-corrected chi connectivity index (χ4v) is 2.73. The summed E-state index contributed by atoms with van der Waals surface area (Å²) in [6, 6.07) is 6.11. The maximum absolute atomic E-state index is 11.9. The van der Waals surface area contributed by atoms with Crippen molar-refractivity contribution in [3.63, 3.8) is 0 Å². The molecule has 8 heteroatoms. The van der Waals surface area contributed by atoms with E-state index in [1.165, 1.54) is 23.9 Å². The van der Waals surface area contributed by atoms with E-state index in [0.717, 1.165) is 0 Å². The summed E-state index contributed by atoms with van der Waals surface area (Å²) in [4.78, 5) is 11.9. The molecule has 0 aliphatic carbocycles. The van der Waals surface area contributed by atoms with Crippen molar-refractivity contribution in [3.8, 4) is 0 Å². The van der Waals surface area contributed by atoms with Gasteiger partial charge in [-0.1, -0.05) is 6.07 Å². The number of amides is 1. The Kier molecular flexibility index (Phi) is 6.47. The van der Waals surface area contributed by atoms with Gasteiger partial charge in [0.05, 0.1) is 10.1 Å². The highest BCUT2D eigenvalue weighted by Crippen LogP contribution is 2.16. The Labute approximate surface area is 123 Å². The molecule has 0 spiro atoms. The van der Waals surface area contributed by atoms with Crippen LogP contribution in [0.3, 0.4) is 0 Å². The molecule has 1 unspecified atom stereocenters. The Morgan fingerprint density at radius 3 is 2.75 bits per heavy atom. The molecule has 0 saturated heterocycles. The van der Waals surface area contributed by atoms with E-state index in [-0.39, 0.29) is 29.1 Å². The van der Waals surface area contributed by atoms with Crippen molar-refractivity contribution in [1.82, 2.24) is 4.72 Å². The maximum atomic E-state index is 11.9. The number of thioether (sulfide) groups is 1. The molecule has 0 aliphatic heterocycles. The highest BCUT2D eigenvalue weighted by molar-refractivity contribution is 7.99. The zero-order valence-corrected chi connectivity index (χ0v) is 13.1. The SMILES string of the molecule is CSC(C)C(=O)Nc1cccc(S(=O)(=O)NCCN)c1. The van der Waals surface area contributed by atoms with Gasteiger partial charge in [-0.15, -0.1) is 0 Å². The van der Waals surface area contributed by atoms with Gasteiger partial charge in [0.1, 0.15) is 0 Å². The molecule has 1 amide bonds. The lowest BCUT2D eigenvalue weighted by atomic mass is 10.3. The maximum Gasteiger partial charge on any atom is 0.240 e. The summed E-state index contributed by atoms with van der Waals surface area (Å²) in [6.07, 6.45) is 1.84. The predicted octanol–water partition coefficient (Wildman–Crippen LogP) is 0.614. The Bertz CT molecular complexity index is 561. The summed E-state index contributed by atoms with van der Waals surface area (Å²) >= 11 is 1.42. The summed E-state index contributed by atoms with van der Waals surface area (Å²) in [6.45, 7) is 2.17. The first-order valence-electron chi connectivity index (χ1n) is 6.04. The van der Waals surface area contributed by atoms with Crippen LogP contribution in [-0.4, -0.2) is 38.9 Å². The first-order valence-corrected chi connectivity index (χ1v) is 8.81. The van der Waals surface area contributed by atoms with Crippen LogP contribution in [0.15, 0.2) is 29.2 Å². The second-order valence-corrected chi connectivity index (χ2v) is 7.03. The minimum atomic E-state index is -3.59. The van der Waals surface area contributed by atoms with Crippen LogP contribution in [0.1, 0.15) is 6.92 Å². The number of carbonyl (C=O) groups excluding carboxylic acids is 1. The molecule has 0 aromatic heterocycles. The third kappa shape index (κ3) is 4.78. The lowest BCUT2D eigenvalue weighted by molar-refractivity contribution is -0.115. The van der Waals surface area contributed by atoms with E-state index in [0.29, 0.717) is 5.69 Å².